The Balaban J connectivity index is 1.68. The summed E-state index contributed by atoms with van der Waals surface area (Å²) in [7, 11) is 3.64. The normalized spacial score (nSPS) is 17.9. The van der Waals surface area contributed by atoms with Crippen molar-refractivity contribution in [1.29, 1.82) is 0 Å². The number of rotatable bonds is 5. The number of carbonyl (C=O) groups excluding carboxylic acids is 1. The number of hydrogen-bond acceptors (Lipinski definition) is 3. The monoisotopic (exact) mass is 351 g/mol. The summed E-state index contributed by atoms with van der Waals surface area (Å²) in [6.45, 7) is 4.55. The fourth-order valence-corrected chi connectivity index (χ4v) is 3.63. The van der Waals surface area contributed by atoms with Gasteiger partial charge in [-0.3, -0.25) is 14.7 Å². The fourth-order valence-electron chi connectivity index (χ4n) is 3.63. The number of amides is 1. The third-order valence-corrected chi connectivity index (χ3v) is 5.08. The molecule has 0 aliphatic carbocycles. The lowest BCUT2D eigenvalue weighted by Crippen LogP contribution is -2.41. The van der Waals surface area contributed by atoms with E-state index in [1.165, 1.54) is 11.1 Å². The first-order valence-corrected chi connectivity index (χ1v) is 9.45. The number of hydrogen-bond donors (Lipinski definition) is 0. The molecule has 2 aromatic rings. The van der Waals surface area contributed by atoms with Crippen molar-refractivity contribution in [3.05, 3.63) is 65.0 Å². The highest BCUT2D eigenvalue weighted by atomic mass is 16.2. The number of aryl methyl sites for hydroxylation is 1. The zero-order valence-corrected chi connectivity index (χ0v) is 16.1. The van der Waals surface area contributed by atoms with E-state index in [9.17, 15) is 4.79 Å². The van der Waals surface area contributed by atoms with Crippen LogP contribution in [0.5, 0.6) is 0 Å². The molecule has 0 unspecified atom stereocenters. The van der Waals surface area contributed by atoms with E-state index < -0.39 is 0 Å². The fraction of sp³-hybridized carbons (Fsp3) is 0.455. The lowest BCUT2D eigenvalue weighted by atomic mass is 9.94. The van der Waals surface area contributed by atoms with Gasteiger partial charge in [0, 0.05) is 44.4 Å². The molecule has 26 heavy (non-hydrogen) atoms. The van der Waals surface area contributed by atoms with Crippen LogP contribution in [0.3, 0.4) is 0 Å². The molecule has 1 aliphatic heterocycles. The van der Waals surface area contributed by atoms with Crippen LogP contribution in [0, 0.1) is 6.92 Å². The Hall–Kier alpha value is -2.20. The average molecular weight is 351 g/mol. The molecular weight excluding hydrogens is 322 g/mol. The summed E-state index contributed by atoms with van der Waals surface area (Å²) < 4.78 is 0. The molecular formula is C22H29N3O. The maximum atomic E-state index is 12.0. The number of piperidine rings is 1. The number of likely N-dealkylation sites (tertiary alicyclic amines) is 1. The van der Waals surface area contributed by atoms with Crippen LogP contribution >= 0.6 is 0 Å². The number of aromatic nitrogens is 1. The van der Waals surface area contributed by atoms with E-state index in [0.29, 0.717) is 12.5 Å². The molecule has 0 saturated carbocycles. The highest BCUT2D eigenvalue weighted by molar-refractivity contribution is 5.77. The molecule has 1 fully saturated rings. The SMILES string of the molecule is Cc1cccc(Cc2cccc([C@H]3CCCN(CC(=O)N(C)C)C3)n2)c1. The Bertz CT molecular complexity index is 757. The molecule has 4 nitrogen and oxygen atoms in total. The third kappa shape index (κ3) is 4.92. The van der Waals surface area contributed by atoms with Crippen LogP contribution in [0.2, 0.25) is 0 Å². The zero-order valence-electron chi connectivity index (χ0n) is 16.1. The van der Waals surface area contributed by atoms with Gasteiger partial charge in [0.15, 0.2) is 0 Å². The predicted octanol–water partition coefficient (Wildman–Crippen LogP) is 3.25. The van der Waals surface area contributed by atoms with Crippen LogP contribution in [-0.2, 0) is 11.2 Å². The van der Waals surface area contributed by atoms with Crippen LogP contribution in [-0.4, -0.2) is 54.4 Å². The van der Waals surface area contributed by atoms with Gasteiger partial charge >= 0.3 is 0 Å². The zero-order chi connectivity index (χ0) is 18.5. The Kier molecular flexibility index (Phi) is 6.04. The summed E-state index contributed by atoms with van der Waals surface area (Å²) in [5, 5.41) is 0. The van der Waals surface area contributed by atoms with Gasteiger partial charge in [-0.05, 0) is 44.0 Å². The van der Waals surface area contributed by atoms with E-state index in [-0.39, 0.29) is 5.91 Å². The van der Waals surface area contributed by atoms with Gasteiger partial charge in [0.2, 0.25) is 5.91 Å². The van der Waals surface area contributed by atoms with Crippen molar-refractivity contribution in [2.75, 3.05) is 33.7 Å². The first-order chi connectivity index (χ1) is 12.5. The Morgan fingerprint density at radius 1 is 1.23 bits per heavy atom. The topological polar surface area (TPSA) is 36.4 Å². The maximum absolute atomic E-state index is 12.0. The van der Waals surface area contributed by atoms with Crippen LogP contribution < -0.4 is 0 Å². The van der Waals surface area contributed by atoms with Crippen molar-refractivity contribution in [2.24, 2.45) is 0 Å². The number of pyridine rings is 1. The van der Waals surface area contributed by atoms with E-state index in [0.717, 1.165) is 43.7 Å². The predicted molar refractivity (Wildman–Crippen MR) is 105 cm³/mol. The molecule has 1 amide bonds. The third-order valence-electron chi connectivity index (χ3n) is 5.08. The van der Waals surface area contributed by atoms with E-state index in [2.05, 4.69) is 54.3 Å². The molecule has 1 aromatic heterocycles. The van der Waals surface area contributed by atoms with Crippen LogP contribution in [0.4, 0.5) is 0 Å². The molecule has 1 aromatic carbocycles. The van der Waals surface area contributed by atoms with Gasteiger partial charge in [-0.2, -0.15) is 0 Å². The molecule has 4 heteroatoms. The average Bonchev–Trinajstić information content (AvgIpc) is 2.62. The van der Waals surface area contributed by atoms with Crippen LogP contribution in [0.1, 0.15) is 41.3 Å². The smallest absolute Gasteiger partial charge is 0.236 e. The molecule has 0 bridgehead atoms. The molecule has 1 atom stereocenters. The van der Waals surface area contributed by atoms with E-state index >= 15 is 0 Å². The summed E-state index contributed by atoms with van der Waals surface area (Å²) in [4.78, 5) is 20.9. The summed E-state index contributed by atoms with van der Waals surface area (Å²) in [6, 6.07) is 15.0. The molecule has 138 valence electrons. The Labute approximate surface area is 156 Å². The van der Waals surface area contributed by atoms with Crippen molar-refractivity contribution < 1.29 is 4.79 Å². The lowest BCUT2D eigenvalue weighted by molar-refractivity contribution is -0.130. The van der Waals surface area contributed by atoms with E-state index in [1.54, 1.807) is 4.90 Å². The van der Waals surface area contributed by atoms with Crippen molar-refractivity contribution in [3.8, 4) is 0 Å². The second-order valence-corrected chi connectivity index (χ2v) is 7.58. The highest BCUT2D eigenvalue weighted by Crippen LogP contribution is 2.26. The van der Waals surface area contributed by atoms with E-state index in [1.807, 2.05) is 14.1 Å². The Morgan fingerprint density at radius 3 is 2.81 bits per heavy atom. The number of likely N-dealkylation sites (N-methyl/N-ethyl adjacent to an activating group) is 1. The first-order valence-electron chi connectivity index (χ1n) is 9.45. The van der Waals surface area contributed by atoms with Gasteiger partial charge in [-0.15, -0.1) is 0 Å². The van der Waals surface area contributed by atoms with Crippen molar-refractivity contribution in [2.45, 2.75) is 32.1 Å². The summed E-state index contributed by atoms with van der Waals surface area (Å²) >= 11 is 0. The second-order valence-electron chi connectivity index (χ2n) is 7.58. The molecule has 0 radical (unpaired) electrons. The van der Waals surface area contributed by atoms with Gasteiger partial charge in [0.1, 0.15) is 0 Å². The molecule has 3 rings (SSSR count). The Morgan fingerprint density at radius 2 is 2.04 bits per heavy atom. The van der Waals surface area contributed by atoms with Crippen molar-refractivity contribution in [3.63, 3.8) is 0 Å². The number of carbonyl (C=O) groups is 1. The first kappa shape index (κ1) is 18.6. The second kappa shape index (κ2) is 8.45. The minimum atomic E-state index is 0.173. The highest BCUT2D eigenvalue weighted by Gasteiger charge is 2.24. The molecule has 0 N–H and O–H groups in total. The summed E-state index contributed by atoms with van der Waals surface area (Å²) in [6.07, 6.45) is 3.13. The molecule has 0 spiro atoms. The standard InChI is InChI=1S/C22H29N3O/c1-17-7-4-8-18(13-17)14-20-10-5-11-21(23-20)19-9-6-12-25(15-19)16-22(26)24(2)3/h4-5,7-8,10-11,13,19H,6,9,12,14-16H2,1-3H3/t19-/m0/s1. The van der Waals surface area contributed by atoms with Crippen molar-refractivity contribution >= 4 is 5.91 Å². The van der Waals surface area contributed by atoms with Gasteiger partial charge < -0.3 is 4.90 Å². The van der Waals surface area contributed by atoms with Crippen LogP contribution in [0.15, 0.2) is 42.5 Å². The number of benzene rings is 1. The largest absolute Gasteiger partial charge is 0.348 e. The van der Waals surface area contributed by atoms with Gasteiger partial charge in [-0.1, -0.05) is 35.9 Å². The van der Waals surface area contributed by atoms with Gasteiger partial charge in [0.05, 0.1) is 6.54 Å². The van der Waals surface area contributed by atoms with Crippen LogP contribution in [0.25, 0.3) is 0 Å². The lowest BCUT2D eigenvalue weighted by Gasteiger charge is -2.32. The molecule has 1 saturated heterocycles. The maximum Gasteiger partial charge on any atom is 0.236 e. The molecule has 2 heterocycles. The van der Waals surface area contributed by atoms with Crippen molar-refractivity contribution in [1.82, 2.24) is 14.8 Å². The quantitative estimate of drug-likeness (QED) is 0.830. The summed E-state index contributed by atoms with van der Waals surface area (Å²) in [5.74, 6) is 0.586. The number of nitrogens with zero attached hydrogens (tertiary/aromatic N) is 3. The van der Waals surface area contributed by atoms with E-state index in [4.69, 9.17) is 4.98 Å². The molecule has 1 aliphatic rings. The van der Waals surface area contributed by atoms with Gasteiger partial charge in [-0.25, -0.2) is 0 Å². The van der Waals surface area contributed by atoms with Gasteiger partial charge in [0.25, 0.3) is 0 Å². The minimum absolute atomic E-state index is 0.173. The summed E-state index contributed by atoms with van der Waals surface area (Å²) in [5.41, 5.74) is 4.87. The minimum Gasteiger partial charge on any atom is -0.348 e.